The summed E-state index contributed by atoms with van der Waals surface area (Å²) >= 11 is 0. The van der Waals surface area contributed by atoms with E-state index in [1.165, 1.54) is 12.3 Å². The number of hydrogen-bond donors (Lipinski definition) is 1. The number of rotatable bonds is 5. The summed E-state index contributed by atoms with van der Waals surface area (Å²) in [7, 11) is 0. The molecule has 0 unspecified atom stereocenters. The zero-order valence-corrected chi connectivity index (χ0v) is 14.8. The van der Waals surface area contributed by atoms with Crippen molar-refractivity contribution in [1.82, 2.24) is 14.9 Å². The van der Waals surface area contributed by atoms with Crippen LogP contribution in [0.1, 0.15) is 52.4 Å². The van der Waals surface area contributed by atoms with Crippen molar-refractivity contribution in [2.75, 3.05) is 13.1 Å². The molecule has 2 rings (SSSR count). The first-order valence-corrected chi connectivity index (χ1v) is 8.18. The fraction of sp³-hybridized carbons (Fsp3) is 0.444. The summed E-state index contributed by atoms with van der Waals surface area (Å²) in [6.45, 7) is 8.78. The van der Waals surface area contributed by atoms with E-state index in [1.54, 1.807) is 4.90 Å². The first-order chi connectivity index (χ1) is 11.7. The second-order valence-electron chi connectivity index (χ2n) is 5.93. The van der Waals surface area contributed by atoms with Gasteiger partial charge >= 0.3 is 6.18 Å². The molecule has 0 atom stereocenters. The Bertz CT molecular complexity index is 744. The topological polar surface area (TPSA) is 49.0 Å². The second kappa shape index (κ2) is 7.29. The molecule has 25 heavy (non-hydrogen) atoms. The van der Waals surface area contributed by atoms with Crippen molar-refractivity contribution >= 4 is 5.91 Å². The van der Waals surface area contributed by atoms with Gasteiger partial charge in [-0.15, -0.1) is 0 Å². The number of H-pyrrole nitrogens is 1. The van der Waals surface area contributed by atoms with Gasteiger partial charge < -0.3 is 9.88 Å². The maximum atomic E-state index is 12.6. The Hall–Kier alpha value is -2.31. The number of nitrogens with one attached hydrogen (secondary N) is 1. The van der Waals surface area contributed by atoms with Crippen LogP contribution in [0.4, 0.5) is 13.2 Å². The van der Waals surface area contributed by atoms with Gasteiger partial charge in [-0.2, -0.15) is 13.2 Å². The minimum Gasteiger partial charge on any atom is -0.354 e. The molecule has 0 saturated carbocycles. The van der Waals surface area contributed by atoms with Crippen molar-refractivity contribution in [3.8, 4) is 0 Å². The summed E-state index contributed by atoms with van der Waals surface area (Å²) in [6, 6.07) is 2.40. The van der Waals surface area contributed by atoms with Gasteiger partial charge in [-0.05, 0) is 50.5 Å². The van der Waals surface area contributed by atoms with Crippen LogP contribution in [0.3, 0.4) is 0 Å². The van der Waals surface area contributed by atoms with E-state index in [2.05, 4.69) is 9.97 Å². The van der Waals surface area contributed by atoms with E-state index in [9.17, 15) is 18.0 Å². The predicted octanol–water partition coefficient (Wildman–Crippen LogP) is 4.12. The molecule has 0 fully saturated rings. The van der Waals surface area contributed by atoms with Crippen LogP contribution in [0, 0.1) is 13.8 Å². The minimum absolute atomic E-state index is 0.0672. The number of aryl methyl sites for hydroxylation is 1. The van der Waals surface area contributed by atoms with Crippen molar-refractivity contribution < 1.29 is 18.0 Å². The Balaban J connectivity index is 2.28. The summed E-state index contributed by atoms with van der Waals surface area (Å²) in [5.74, 6) is -0.0672. The molecule has 0 spiro atoms. The Labute approximate surface area is 145 Å². The summed E-state index contributed by atoms with van der Waals surface area (Å²) < 4.78 is 37.8. The van der Waals surface area contributed by atoms with E-state index in [4.69, 9.17) is 0 Å². The van der Waals surface area contributed by atoms with E-state index < -0.39 is 11.9 Å². The SMILES string of the molecule is CCN(CC)C(=O)c1[nH]c(C)c(Cc2ccc(C(F)(F)F)nc2)c1C. The average molecular weight is 353 g/mol. The number of pyridine rings is 1. The fourth-order valence-corrected chi connectivity index (χ4v) is 2.84. The molecule has 1 amide bonds. The molecule has 4 nitrogen and oxygen atoms in total. The van der Waals surface area contributed by atoms with Gasteiger partial charge in [0.15, 0.2) is 0 Å². The van der Waals surface area contributed by atoms with E-state index in [0.29, 0.717) is 30.8 Å². The van der Waals surface area contributed by atoms with Gasteiger partial charge in [0.1, 0.15) is 11.4 Å². The normalized spacial score (nSPS) is 11.6. The lowest BCUT2D eigenvalue weighted by Crippen LogP contribution is -2.31. The molecule has 2 aromatic heterocycles. The summed E-state index contributed by atoms with van der Waals surface area (Å²) in [4.78, 5) is 20.9. The number of hydrogen-bond acceptors (Lipinski definition) is 2. The Morgan fingerprint density at radius 2 is 1.84 bits per heavy atom. The van der Waals surface area contributed by atoms with Crippen LogP contribution < -0.4 is 0 Å². The molecule has 7 heteroatoms. The highest BCUT2D eigenvalue weighted by Crippen LogP contribution is 2.28. The molecular formula is C18H22F3N3O. The monoisotopic (exact) mass is 353 g/mol. The Morgan fingerprint density at radius 3 is 2.32 bits per heavy atom. The van der Waals surface area contributed by atoms with Gasteiger partial charge in [-0.1, -0.05) is 6.07 Å². The van der Waals surface area contributed by atoms with Crippen LogP contribution in [0.2, 0.25) is 0 Å². The molecule has 0 aliphatic heterocycles. The summed E-state index contributed by atoms with van der Waals surface area (Å²) in [6.07, 6.45) is -2.78. The Kier molecular flexibility index (Phi) is 5.55. The highest BCUT2D eigenvalue weighted by molar-refractivity contribution is 5.94. The van der Waals surface area contributed by atoms with Crippen LogP contribution >= 0.6 is 0 Å². The van der Waals surface area contributed by atoms with Gasteiger partial charge in [0.2, 0.25) is 0 Å². The van der Waals surface area contributed by atoms with Gasteiger partial charge in [-0.3, -0.25) is 9.78 Å². The molecule has 136 valence electrons. The molecule has 2 aromatic rings. The van der Waals surface area contributed by atoms with Crippen molar-refractivity contribution in [3.05, 3.63) is 52.1 Å². The molecule has 0 saturated heterocycles. The molecule has 0 aliphatic carbocycles. The van der Waals surface area contributed by atoms with Gasteiger partial charge in [0.05, 0.1) is 0 Å². The van der Waals surface area contributed by atoms with Crippen LogP contribution in [0.5, 0.6) is 0 Å². The Morgan fingerprint density at radius 1 is 1.20 bits per heavy atom. The molecule has 2 heterocycles. The van der Waals surface area contributed by atoms with E-state index in [0.717, 1.165) is 22.9 Å². The van der Waals surface area contributed by atoms with E-state index in [-0.39, 0.29) is 5.91 Å². The third-order valence-electron chi connectivity index (χ3n) is 4.35. The number of alkyl halides is 3. The van der Waals surface area contributed by atoms with Crippen LogP contribution in [0.25, 0.3) is 0 Å². The zero-order valence-electron chi connectivity index (χ0n) is 14.8. The highest BCUT2D eigenvalue weighted by Gasteiger charge is 2.32. The number of carbonyl (C=O) groups is 1. The highest BCUT2D eigenvalue weighted by atomic mass is 19.4. The van der Waals surface area contributed by atoms with Crippen molar-refractivity contribution in [3.63, 3.8) is 0 Å². The minimum atomic E-state index is -4.44. The van der Waals surface area contributed by atoms with Crippen molar-refractivity contribution in [2.24, 2.45) is 0 Å². The first-order valence-electron chi connectivity index (χ1n) is 8.18. The fourth-order valence-electron chi connectivity index (χ4n) is 2.84. The molecular weight excluding hydrogens is 331 g/mol. The van der Waals surface area contributed by atoms with Gasteiger partial charge in [0, 0.05) is 31.4 Å². The summed E-state index contributed by atoms with van der Waals surface area (Å²) in [5, 5.41) is 0. The number of aromatic nitrogens is 2. The number of aromatic amines is 1. The molecule has 1 N–H and O–H groups in total. The average Bonchev–Trinajstić information content (AvgIpc) is 2.83. The van der Waals surface area contributed by atoms with Crippen LogP contribution in [-0.4, -0.2) is 33.9 Å². The molecule has 0 bridgehead atoms. The molecule has 0 aliphatic rings. The van der Waals surface area contributed by atoms with Crippen molar-refractivity contribution in [1.29, 1.82) is 0 Å². The summed E-state index contributed by atoms with van der Waals surface area (Å²) in [5.41, 5.74) is 2.88. The number of nitrogens with zero attached hydrogens (tertiary/aromatic N) is 2. The third-order valence-corrected chi connectivity index (χ3v) is 4.35. The van der Waals surface area contributed by atoms with Gasteiger partial charge in [0.25, 0.3) is 5.91 Å². The van der Waals surface area contributed by atoms with E-state index >= 15 is 0 Å². The maximum Gasteiger partial charge on any atom is 0.433 e. The van der Waals surface area contributed by atoms with Gasteiger partial charge in [-0.25, -0.2) is 0 Å². The molecule has 0 aromatic carbocycles. The number of halogens is 3. The quantitative estimate of drug-likeness (QED) is 0.879. The zero-order chi connectivity index (χ0) is 18.8. The third kappa shape index (κ3) is 4.03. The lowest BCUT2D eigenvalue weighted by molar-refractivity contribution is -0.141. The smallest absolute Gasteiger partial charge is 0.354 e. The first kappa shape index (κ1) is 19.0. The maximum absolute atomic E-state index is 12.6. The van der Waals surface area contributed by atoms with Crippen LogP contribution in [0.15, 0.2) is 18.3 Å². The number of amides is 1. The number of carbonyl (C=O) groups excluding carboxylic acids is 1. The largest absolute Gasteiger partial charge is 0.433 e. The standard InChI is InChI=1S/C18H22F3N3O/c1-5-24(6-2)17(25)16-11(3)14(12(4)23-16)9-13-7-8-15(22-10-13)18(19,20)21/h7-8,10,23H,5-6,9H2,1-4H3. The van der Waals surface area contributed by atoms with E-state index in [1.807, 2.05) is 27.7 Å². The van der Waals surface area contributed by atoms with Crippen molar-refractivity contribution in [2.45, 2.75) is 40.3 Å². The lowest BCUT2D eigenvalue weighted by Gasteiger charge is -2.18. The predicted molar refractivity (Wildman–Crippen MR) is 89.6 cm³/mol. The molecule has 0 radical (unpaired) electrons. The lowest BCUT2D eigenvalue weighted by atomic mass is 10.0. The second-order valence-corrected chi connectivity index (χ2v) is 5.93. The van der Waals surface area contributed by atoms with Crippen LogP contribution in [-0.2, 0) is 12.6 Å².